The molecule has 0 amide bonds. The van der Waals surface area contributed by atoms with Crippen molar-refractivity contribution in [3.05, 3.63) is 35.9 Å². The lowest BCUT2D eigenvalue weighted by atomic mass is 10.1. The second-order valence-corrected chi connectivity index (χ2v) is 4.62. The predicted molar refractivity (Wildman–Crippen MR) is 74.5 cm³/mol. The molecule has 0 saturated carbocycles. The van der Waals surface area contributed by atoms with Crippen LogP contribution in [0.2, 0.25) is 0 Å². The lowest BCUT2D eigenvalue weighted by molar-refractivity contribution is -0.143. The molecule has 0 heterocycles. The Balaban J connectivity index is 1.99. The van der Waals surface area contributed by atoms with Gasteiger partial charge in [-0.05, 0) is 24.8 Å². The van der Waals surface area contributed by atoms with E-state index in [0.29, 0.717) is 13.0 Å². The first kappa shape index (κ1) is 14.7. The molecule has 0 bridgehead atoms. The Morgan fingerprint density at radius 1 is 1.06 bits per heavy atom. The van der Waals surface area contributed by atoms with Crippen LogP contribution >= 0.6 is 0 Å². The SMILES string of the molecule is CCCCCCC(=O)OCCCc1ccccc1. The molecule has 0 aliphatic rings. The van der Waals surface area contributed by atoms with Gasteiger partial charge in [0.1, 0.15) is 0 Å². The molecule has 0 radical (unpaired) electrons. The highest BCUT2D eigenvalue weighted by atomic mass is 16.5. The van der Waals surface area contributed by atoms with Gasteiger partial charge in [0.25, 0.3) is 0 Å². The third kappa shape index (κ3) is 7.10. The Morgan fingerprint density at radius 3 is 2.56 bits per heavy atom. The van der Waals surface area contributed by atoms with E-state index < -0.39 is 0 Å². The molecule has 1 rings (SSSR count). The van der Waals surface area contributed by atoms with Crippen LogP contribution in [-0.4, -0.2) is 12.6 Å². The number of rotatable bonds is 9. The summed E-state index contributed by atoms with van der Waals surface area (Å²) in [4.78, 5) is 11.4. The molecule has 0 aromatic heterocycles. The largest absolute Gasteiger partial charge is 0.466 e. The van der Waals surface area contributed by atoms with Crippen molar-refractivity contribution in [3.63, 3.8) is 0 Å². The summed E-state index contributed by atoms with van der Waals surface area (Å²) in [7, 11) is 0. The normalized spacial score (nSPS) is 10.3. The summed E-state index contributed by atoms with van der Waals surface area (Å²) < 4.78 is 5.21. The number of hydrogen-bond donors (Lipinski definition) is 0. The quantitative estimate of drug-likeness (QED) is 0.485. The average molecular weight is 248 g/mol. The Hall–Kier alpha value is -1.31. The number of carbonyl (C=O) groups is 1. The van der Waals surface area contributed by atoms with Gasteiger partial charge in [-0.25, -0.2) is 0 Å². The second-order valence-electron chi connectivity index (χ2n) is 4.62. The second kappa shape index (κ2) is 9.69. The van der Waals surface area contributed by atoms with E-state index in [1.54, 1.807) is 0 Å². The zero-order valence-electron chi connectivity index (χ0n) is 11.4. The molecule has 0 aliphatic carbocycles. The van der Waals surface area contributed by atoms with E-state index in [4.69, 9.17) is 4.74 Å². The molecule has 18 heavy (non-hydrogen) atoms. The first-order valence-corrected chi connectivity index (χ1v) is 7.02. The van der Waals surface area contributed by atoms with E-state index in [1.807, 2.05) is 18.2 Å². The van der Waals surface area contributed by atoms with Gasteiger partial charge >= 0.3 is 5.97 Å². The van der Waals surface area contributed by atoms with Gasteiger partial charge in [-0.1, -0.05) is 56.5 Å². The number of aryl methyl sites for hydroxylation is 1. The summed E-state index contributed by atoms with van der Waals surface area (Å²) in [5.74, 6) is -0.0424. The molecule has 0 saturated heterocycles. The zero-order chi connectivity index (χ0) is 13.1. The average Bonchev–Trinajstić information content (AvgIpc) is 2.41. The van der Waals surface area contributed by atoms with Crippen LogP contribution in [0.3, 0.4) is 0 Å². The van der Waals surface area contributed by atoms with Gasteiger partial charge in [0.05, 0.1) is 6.61 Å². The van der Waals surface area contributed by atoms with E-state index in [1.165, 1.54) is 18.4 Å². The number of esters is 1. The van der Waals surface area contributed by atoms with Crippen LogP contribution in [0.4, 0.5) is 0 Å². The highest BCUT2D eigenvalue weighted by molar-refractivity contribution is 5.69. The van der Waals surface area contributed by atoms with Crippen molar-refractivity contribution in [2.45, 2.75) is 51.9 Å². The fourth-order valence-electron chi connectivity index (χ4n) is 1.88. The monoisotopic (exact) mass is 248 g/mol. The van der Waals surface area contributed by atoms with Crippen LogP contribution in [0.25, 0.3) is 0 Å². The number of benzene rings is 1. The van der Waals surface area contributed by atoms with Gasteiger partial charge in [-0.15, -0.1) is 0 Å². The van der Waals surface area contributed by atoms with Gasteiger partial charge in [-0.3, -0.25) is 4.79 Å². The minimum absolute atomic E-state index is 0.0424. The molecule has 0 fully saturated rings. The summed E-state index contributed by atoms with van der Waals surface area (Å²) >= 11 is 0. The molecular formula is C16H24O2. The molecule has 0 aliphatic heterocycles. The summed E-state index contributed by atoms with van der Waals surface area (Å²) in [5, 5.41) is 0. The van der Waals surface area contributed by atoms with Crippen molar-refractivity contribution in [3.8, 4) is 0 Å². The van der Waals surface area contributed by atoms with E-state index in [-0.39, 0.29) is 5.97 Å². The molecule has 0 atom stereocenters. The minimum atomic E-state index is -0.0424. The standard InChI is InChI=1S/C16H24O2/c1-2-3-4-8-13-16(17)18-14-9-12-15-10-6-5-7-11-15/h5-7,10-11H,2-4,8-9,12-14H2,1H3. The fourth-order valence-corrected chi connectivity index (χ4v) is 1.88. The Morgan fingerprint density at radius 2 is 1.83 bits per heavy atom. The third-order valence-electron chi connectivity index (χ3n) is 2.95. The van der Waals surface area contributed by atoms with Gasteiger partial charge in [0.2, 0.25) is 0 Å². The van der Waals surface area contributed by atoms with E-state index in [0.717, 1.165) is 25.7 Å². The van der Waals surface area contributed by atoms with Crippen molar-refractivity contribution < 1.29 is 9.53 Å². The summed E-state index contributed by atoms with van der Waals surface area (Å²) in [6.45, 7) is 2.71. The maximum atomic E-state index is 11.4. The van der Waals surface area contributed by atoms with E-state index >= 15 is 0 Å². The fraction of sp³-hybridized carbons (Fsp3) is 0.562. The summed E-state index contributed by atoms with van der Waals surface area (Å²) in [6, 6.07) is 10.3. The molecule has 0 N–H and O–H groups in total. The maximum Gasteiger partial charge on any atom is 0.305 e. The smallest absolute Gasteiger partial charge is 0.305 e. The van der Waals surface area contributed by atoms with Crippen molar-refractivity contribution in [2.24, 2.45) is 0 Å². The first-order chi connectivity index (χ1) is 8.83. The highest BCUT2D eigenvalue weighted by Gasteiger charge is 2.02. The molecule has 1 aromatic rings. The number of ether oxygens (including phenoxy) is 1. The van der Waals surface area contributed by atoms with Crippen LogP contribution in [0, 0.1) is 0 Å². The van der Waals surface area contributed by atoms with Gasteiger partial charge in [-0.2, -0.15) is 0 Å². The minimum Gasteiger partial charge on any atom is -0.466 e. The Bertz CT molecular complexity index is 319. The van der Waals surface area contributed by atoms with Crippen LogP contribution < -0.4 is 0 Å². The van der Waals surface area contributed by atoms with E-state index in [9.17, 15) is 4.79 Å². The Kier molecular flexibility index (Phi) is 7.94. The van der Waals surface area contributed by atoms with Crippen LogP contribution in [0.5, 0.6) is 0 Å². The lowest BCUT2D eigenvalue weighted by Gasteiger charge is -2.05. The van der Waals surface area contributed by atoms with Crippen LogP contribution in [0.1, 0.15) is 51.0 Å². The van der Waals surface area contributed by atoms with E-state index in [2.05, 4.69) is 19.1 Å². The third-order valence-corrected chi connectivity index (χ3v) is 2.95. The Labute approximate surface area is 110 Å². The molecule has 2 heteroatoms. The topological polar surface area (TPSA) is 26.3 Å². The summed E-state index contributed by atoms with van der Waals surface area (Å²) in [6.07, 6.45) is 6.97. The highest BCUT2D eigenvalue weighted by Crippen LogP contribution is 2.05. The molecule has 0 unspecified atom stereocenters. The van der Waals surface area contributed by atoms with Gasteiger partial charge in [0, 0.05) is 6.42 Å². The molecular weight excluding hydrogens is 224 g/mol. The summed E-state index contributed by atoms with van der Waals surface area (Å²) in [5.41, 5.74) is 1.30. The molecule has 100 valence electrons. The maximum absolute atomic E-state index is 11.4. The van der Waals surface area contributed by atoms with Crippen LogP contribution in [-0.2, 0) is 16.0 Å². The van der Waals surface area contributed by atoms with Crippen molar-refractivity contribution in [1.29, 1.82) is 0 Å². The predicted octanol–water partition coefficient (Wildman–Crippen LogP) is 4.13. The first-order valence-electron chi connectivity index (χ1n) is 7.02. The van der Waals surface area contributed by atoms with Crippen LogP contribution in [0.15, 0.2) is 30.3 Å². The van der Waals surface area contributed by atoms with Gasteiger partial charge in [0.15, 0.2) is 0 Å². The van der Waals surface area contributed by atoms with Crippen molar-refractivity contribution in [2.75, 3.05) is 6.61 Å². The zero-order valence-corrected chi connectivity index (χ0v) is 11.4. The number of carbonyl (C=O) groups excluding carboxylic acids is 1. The van der Waals surface area contributed by atoms with Gasteiger partial charge < -0.3 is 4.74 Å². The number of unbranched alkanes of at least 4 members (excludes halogenated alkanes) is 3. The molecule has 0 spiro atoms. The van der Waals surface area contributed by atoms with Crippen molar-refractivity contribution >= 4 is 5.97 Å². The van der Waals surface area contributed by atoms with Crippen molar-refractivity contribution in [1.82, 2.24) is 0 Å². The number of hydrogen-bond acceptors (Lipinski definition) is 2. The molecule has 2 nitrogen and oxygen atoms in total. The lowest BCUT2D eigenvalue weighted by Crippen LogP contribution is -2.06. The molecule has 1 aromatic carbocycles.